The number of rotatable bonds is 5. The first-order valence-electron chi connectivity index (χ1n) is 8.13. The van der Waals surface area contributed by atoms with Crippen molar-refractivity contribution in [2.75, 3.05) is 13.7 Å². The summed E-state index contributed by atoms with van der Waals surface area (Å²) in [6, 6.07) is 14.9. The summed E-state index contributed by atoms with van der Waals surface area (Å²) in [6.45, 7) is 1.91. The fourth-order valence-electron chi connectivity index (χ4n) is 2.43. The maximum absolute atomic E-state index is 12.3. The molecule has 1 aliphatic heterocycles. The Balaban J connectivity index is 1.82. The molecule has 136 valence electrons. The molecule has 3 rings (SSSR count). The van der Waals surface area contributed by atoms with Crippen molar-refractivity contribution in [3.05, 3.63) is 58.5 Å². The molecular formula is C20H17N3O3S. The Bertz CT molecular complexity index is 977. The van der Waals surface area contributed by atoms with E-state index < -0.39 is 0 Å². The Hall–Kier alpha value is -3.24. The summed E-state index contributed by atoms with van der Waals surface area (Å²) in [6.07, 6.45) is 1.76. The van der Waals surface area contributed by atoms with Crippen LogP contribution >= 0.6 is 11.8 Å². The zero-order valence-electron chi connectivity index (χ0n) is 14.9. The van der Waals surface area contributed by atoms with Gasteiger partial charge in [0.2, 0.25) is 0 Å². The summed E-state index contributed by atoms with van der Waals surface area (Å²) in [5.74, 6) is 0.777. The number of aliphatic imine (C=N–C) groups is 1. The number of para-hydroxylation sites is 1. The van der Waals surface area contributed by atoms with Gasteiger partial charge in [-0.15, -0.1) is 0 Å². The number of nitrogens with zero attached hydrogens (tertiary/aromatic N) is 2. The van der Waals surface area contributed by atoms with Crippen LogP contribution in [0.15, 0.2) is 52.4 Å². The van der Waals surface area contributed by atoms with E-state index in [4.69, 9.17) is 14.7 Å². The third kappa shape index (κ3) is 4.49. The van der Waals surface area contributed by atoms with Gasteiger partial charge in [0.25, 0.3) is 5.91 Å². The van der Waals surface area contributed by atoms with E-state index in [0.29, 0.717) is 21.6 Å². The zero-order valence-corrected chi connectivity index (χ0v) is 15.7. The monoisotopic (exact) mass is 379 g/mol. The molecule has 1 amide bonds. The number of ether oxygens (including phenoxy) is 2. The van der Waals surface area contributed by atoms with Crippen LogP contribution in [0.3, 0.4) is 0 Å². The van der Waals surface area contributed by atoms with Crippen LogP contribution in [0.25, 0.3) is 6.08 Å². The number of amides is 1. The summed E-state index contributed by atoms with van der Waals surface area (Å²) >= 11 is 1.28. The summed E-state index contributed by atoms with van der Waals surface area (Å²) < 4.78 is 10.6. The lowest BCUT2D eigenvalue weighted by atomic mass is 10.2. The molecule has 27 heavy (non-hydrogen) atoms. The van der Waals surface area contributed by atoms with Gasteiger partial charge < -0.3 is 14.8 Å². The van der Waals surface area contributed by atoms with Gasteiger partial charge in [-0.05, 0) is 54.1 Å². The summed E-state index contributed by atoms with van der Waals surface area (Å²) in [7, 11) is 1.52. The van der Waals surface area contributed by atoms with Crippen molar-refractivity contribution < 1.29 is 14.3 Å². The number of carbonyl (C=O) groups excluding carboxylic acids is 1. The third-order valence-corrected chi connectivity index (χ3v) is 4.68. The highest BCUT2D eigenvalue weighted by atomic mass is 32.2. The van der Waals surface area contributed by atoms with E-state index in [0.717, 1.165) is 16.8 Å². The van der Waals surface area contributed by atoms with Crippen molar-refractivity contribution in [3.63, 3.8) is 0 Å². The SMILES string of the molecule is COc1cc(/C=C2\SC(=Nc3ccccc3C)NC2=O)ccc1OCC#N. The van der Waals surface area contributed by atoms with Gasteiger partial charge in [-0.2, -0.15) is 5.26 Å². The van der Waals surface area contributed by atoms with Crippen LogP contribution in [0, 0.1) is 18.3 Å². The number of aryl methyl sites for hydroxylation is 1. The number of amidine groups is 1. The smallest absolute Gasteiger partial charge is 0.264 e. The molecule has 0 spiro atoms. The predicted molar refractivity (Wildman–Crippen MR) is 106 cm³/mol. The minimum atomic E-state index is -0.198. The fraction of sp³-hybridized carbons (Fsp3) is 0.150. The number of nitriles is 1. The van der Waals surface area contributed by atoms with Gasteiger partial charge in [-0.25, -0.2) is 4.99 Å². The van der Waals surface area contributed by atoms with Crippen LogP contribution in [-0.4, -0.2) is 24.8 Å². The van der Waals surface area contributed by atoms with Gasteiger partial charge in [-0.1, -0.05) is 24.3 Å². The van der Waals surface area contributed by atoms with Crippen LogP contribution in [0.1, 0.15) is 11.1 Å². The van der Waals surface area contributed by atoms with Crippen molar-refractivity contribution in [1.29, 1.82) is 5.26 Å². The molecule has 0 unspecified atom stereocenters. The maximum atomic E-state index is 12.3. The molecule has 0 saturated carbocycles. The number of nitrogens with one attached hydrogen (secondary N) is 1. The highest BCUT2D eigenvalue weighted by molar-refractivity contribution is 8.18. The molecule has 2 aromatic carbocycles. The van der Waals surface area contributed by atoms with E-state index in [2.05, 4.69) is 10.3 Å². The average molecular weight is 379 g/mol. The second kappa shape index (κ2) is 8.43. The topological polar surface area (TPSA) is 83.7 Å². The van der Waals surface area contributed by atoms with Crippen molar-refractivity contribution >= 4 is 34.6 Å². The first-order chi connectivity index (χ1) is 13.1. The Kier molecular flexibility index (Phi) is 5.79. The molecule has 0 aliphatic carbocycles. The first kappa shape index (κ1) is 18.5. The quantitative estimate of drug-likeness (QED) is 0.799. The van der Waals surface area contributed by atoms with Crippen molar-refractivity contribution in [2.45, 2.75) is 6.92 Å². The van der Waals surface area contributed by atoms with Gasteiger partial charge in [-0.3, -0.25) is 4.79 Å². The molecule has 0 radical (unpaired) electrons. The van der Waals surface area contributed by atoms with E-state index in [-0.39, 0.29) is 12.5 Å². The molecule has 1 fully saturated rings. The largest absolute Gasteiger partial charge is 0.493 e. The predicted octanol–water partition coefficient (Wildman–Crippen LogP) is 3.80. The second-order valence-corrected chi connectivity index (χ2v) is 6.66. The molecule has 1 N–H and O–H groups in total. The normalized spacial score (nSPS) is 16.3. The van der Waals surface area contributed by atoms with E-state index in [1.54, 1.807) is 24.3 Å². The third-order valence-electron chi connectivity index (χ3n) is 3.77. The lowest BCUT2D eigenvalue weighted by Crippen LogP contribution is -2.19. The lowest BCUT2D eigenvalue weighted by Gasteiger charge is -2.08. The molecule has 1 aliphatic rings. The number of thioether (sulfide) groups is 1. The van der Waals surface area contributed by atoms with Crippen LogP contribution in [-0.2, 0) is 4.79 Å². The van der Waals surface area contributed by atoms with Crippen LogP contribution in [0.4, 0.5) is 5.69 Å². The summed E-state index contributed by atoms with van der Waals surface area (Å²) in [5.41, 5.74) is 2.64. The van der Waals surface area contributed by atoms with Crippen LogP contribution in [0.2, 0.25) is 0 Å². The molecule has 0 bridgehead atoms. The molecule has 0 atom stereocenters. The van der Waals surface area contributed by atoms with E-state index in [1.165, 1.54) is 18.9 Å². The van der Waals surface area contributed by atoms with Gasteiger partial charge in [0.05, 0.1) is 17.7 Å². The lowest BCUT2D eigenvalue weighted by molar-refractivity contribution is -0.115. The second-order valence-electron chi connectivity index (χ2n) is 5.63. The van der Waals surface area contributed by atoms with Crippen molar-refractivity contribution in [3.8, 4) is 17.6 Å². The highest BCUT2D eigenvalue weighted by Crippen LogP contribution is 2.32. The van der Waals surface area contributed by atoms with E-state index >= 15 is 0 Å². The fourth-order valence-corrected chi connectivity index (χ4v) is 3.27. The van der Waals surface area contributed by atoms with Gasteiger partial charge >= 0.3 is 0 Å². The Labute approximate surface area is 161 Å². The van der Waals surface area contributed by atoms with Gasteiger partial charge in [0.15, 0.2) is 23.3 Å². The Morgan fingerprint density at radius 1 is 1.26 bits per heavy atom. The number of methoxy groups -OCH3 is 1. The van der Waals surface area contributed by atoms with Crippen LogP contribution in [0.5, 0.6) is 11.5 Å². The minimum Gasteiger partial charge on any atom is -0.493 e. The number of hydrogen-bond acceptors (Lipinski definition) is 6. The van der Waals surface area contributed by atoms with Crippen LogP contribution < -0.4 is 14.8 Å². The molecule has 7 heteroatoms. The highest BCUT2D eigenvalue weighted by Gasteiger charge is 2.24. The first-order valence-corrected chi connectivity index (χ1v) is 8.95. The van der Waals surface area contributed by atoms with Crippen molar-refractivity contribution in [2.24, 2.45) is 4.99 Å². The van der Waals surface area contributed by atoms with Crippen molar-refractivity contribution in [1.82, 2.24) is 5.32 Å². The summed E-state index contributed by atoms with van der Waals surface area (Å²) in [5, 5.41) is 12.0. The summed E-state index contributed by atoms with van der Waals surface area (Å²) in [4.78, 5) is 17.3. The van der Waals surface area contributed by atoms with Gasteiger partial charge in [0, 0.05) is 0 Å². The zero-order chi connectivity index (χ0) is 19.2. The molecular weight excluding hydrogens is 362 g/mol. The number of hydrogen-bond donors (Lipinski definition) is 1. The molecule has 6 nitrogen and oxygen atoms in total. The minimum absolute atomic E-state index is 0.0617. The molecule has 0 aromatic heterocycles. The van der Waals surface area contributed by atoms with E-state index in [1.807, 2.05) is 37.3 Å². The average Bonchev–Trinajstić information content (AvgIpc) is 3.01. The van der Waals surface area contributed by atoms with E-state index in [9.17, 15) is 4.79 Å². The number of carbonyl (C=O) groups is 1. The molecule has 1 heterocycles. The maximum Gasteiger partial charge on any atom is 0.264 e. The molecule has 2 aromatic rings. The standard InChI is InChI=1S/C20H17N3O3S/c1-13-5-3-4-6-15(13)22-20-23-19(24)18(27-20)12-14-7-8-16(26-10-9-21)17(11-14)25-2/h3-8,11-12H,10H2,1-2H3,(H,22,23,24)/b18-12-. The Morgan fingerprint density at radius 2 is 2.07 bits per heavy atom. The van der Waals surface area contributed by atoms with Gasteiger partial charge in [0.1, 0.15) is 6.07 Å². The Morgan fingerprint density at radius 3 is 2.81 bits per heavy atom. The number of benzene rings is 2. The molecule has 1 saturated heterocycles.